The summed E-state index contributed by atoms with van der Waals surface area (Å²) in [4.78, 5) is 20.1. The van der Waals surface area contributed by atoms with Crippen molar-refractivity contribution in [2.45, 2.75) is 30.1 Å². The molecule has 1 aliphatic heterocycles. The molecule has 0 aromatic carbocycles. The topological polar surface area (TPSA) is 71.8 Å². The molecule has 0 bridgehead atoms. The molecule has 7 nitrogen and oxygen atoms in total. The van der Waals surface area contributed by atoms with E-state index in [0.29, 0.717) is 11.1 Å². The second kappa shape index (κ2) is 6.30. The first-order valence-corrected chi connectivity index (χ1v) is 7.98. The van der Waals surface area contributed by atoms with Crippen molar-refractivity contribution in [3.63, 3.8) is 0 Å². The number of hydrogen-bond acceptors (Lipinski definition) is 7. The Balaban J connectivity index is 1.89. The van der Waals surface area contributed by atoms with Crippen molar-refractivity contribution < 1.29 is 0 Å². The summed E-state index contributed by atoms with van der Waals surface area (Å²) in [5.74, 6) is 1.39. The van der Waals surface area contributed by atoms with Crippen molar-refractivity contribution in [1.29, 1.82) is 0 Å². The van der Waals surface area contributed by atoms with E-state index in [-0.39, 0.29) is 0 Å². The van der Waals surface area contributed by atoms with E-state index in [4.69, 9.17) is 0 Å². The van der Waals surface area contributed by atoms with Crippen molar-refractivity contribution in [3.8, 4) is 0 Å². The highest BCUT2D eigenvalue weighted by molar-refractivity contribution is 7.99. The number of rotatable bonds is 5. The van der Waals surface area contributed by atoms with E-state index in [2.05, 4.69) is 30.2 Å². The maximum Gasteiger partial charge on any atom is 0.231 e. The quantitative estimate of drug-likeness (QED) is 0.903. The van der Waals surface area contributed by atoms with Crippen molar-refractivity contribution in [3.05, 3.63) is 12.4 Å². The molecule has 0 saturated carbocycles. The number of anilines is 2. The predicted octanol–water partition coefficient (Wildman–Crippen LogP) is 1.79. The summed E-state index contributed by atoms with van der Waals surface area (Å²) >= 11 is 1.46. The second-order valence-electron chi connectivity index (χ2n) is 4.89. The van der Waals surface area contributed by atoms with Gasteiger partial charge in [0.2, 0.25) is 17.1 Å². The van der Waals surface area contributed by atoms with E-state index in [0.717, 1.165) is 30.7 Å². The first-order chi connectivity index (χ1) is 10.3. The molecular weight excluding hydrogens is 286 g/mol. The molecule has 0 amide bonds. The number of imidazole rings is 1. The fourth-order valence-corrected chi connectivity index (χ4v) is 2.96. The minimum Gasteiger partial charge on any atom is -0.354 e. The standard InChI is InChI=1S/C13H19N7S/c1-3-14-10-16-11(20-7-4-5-8-20)18-12(17-10)21-13-15-6-9-19(13)2/h6,9H,3-5,7-8H2,1-2H3,(H,14,16,17,18). The largest absolute Gasteiger partial charge is 0.354 e. The van der Waals surface area contributed by atoms with E-state index in [1.54, 1.807) is 6.20 Å². The Morgan fingerprint density at radius 1 is 1.24 bits per heavy atom. The summed E-state index contributed by atoms with van der Waals surface area (Å²) in [5.41, 5.74) is 0. The fourth-order valence-electron chi connectivity index (χ4n) is 2.22. The van der Waals surface area contributed by atoms with Gasteiger partial charge in [-0.25, -0.2) is 4.98 Å². The molecular formula is C13H19N7S. The number of hydrogen-bond donors (Lipinski definition) is 1. The molecule has 21 heavy (non-hydrogen) atoms. The van der Waals surface area contributed by atoms with Crippen molar-refractivity contribution in [2.24, 2.45) is 7.05 Å². The third-order valence-corrected chi connectivity index (χ3v) is 4.23. The second-order valence-corrected chi connectivity index (χ2v) is 5.82. The monoisotopic (exact) mass is 305 g/mol. The minimum atomic E-state index is 0.631. The van der Waals surface area contributed by atoms with Gasteiger partial charge in [0.25, 0.3) is 0 Å². The van der Waals surface area contributed by atoms with E-state index < -0.39 is 0 Å². The Labute approximate surface area is 128 Å². The van der Waals surface area contributed by atoms with Gasteiger partial charge >= 0.3 is 0 Å². The Morgan fingerprint density at radius 2 is 2.05 bits per heavy atom. The van der Waals surface area contributed by atoms with Gasteiger partial charge < -0.3 is 14.8 Å². The van der Waals surface area contributed by atoms with Crippen LogP contribution in [-0.2, 0) is 7.05 Å². The van der Waals surface area contributed by atoms with E-state index in [1.165, 1.54) is 24.6 Å². The molecule has 2 aromatic heterocycles. The van der Waals surface area contributed by atoms with Gasteiger partial charge in [0.05, 0.1) is 0 Å². The lowest BCUT2D eigenvalue weighted by Gasteiger charge is -2.16. The van der Waals surface area contributed by atoms with Gasteiger partial charge in [-0.15, -0.1) is 0 Å². The van der Waals surface area contributed by atoms with Gasteiger partial charge in [-0.2, -0.15) is 15.0 Å². The molecule has 1 N–H and O–H groups in total. The molecule has 3 rings (SSSR count). The van der Waals surface area contributed by atoms with Crippen molar-refractivity contribution >= 4 is 23.7 Å². The summed E-state index contributed by atoms with van der Waals surface area (Å²) in [6.45, 7) is 4.85. The van der Waals surface area contributed by atoms with Gasteiger partial charge in [0, 0.05) is 39.1 Å². The molecule has 112 valence electrons. The van der Waals surface area contributed by atoms with Crippen LogP contribution in [0.5, 0.6) is 0 Å². The number of nitrogens with one attached hydrogen (secondary N) is 1. The van der Waals surface area contributed by atoms with Crippen LogP contribution in [0.15, 0.2) is 22.7 Å². The van der Waals surface area contributed by atoms with E-state index in [1.807, 2.05) is 24.7 Å². The molecule has 0 spiro atoms. The van der Waals surface area contributed by atoms with Gasteiger partial charge in [0.1, 0.15) is 0 Å². The first kappa shape index (κ1) is 14.1. The van der Waals surface area contributed by atoms with Crippen LogP contribution in [0, 0.1) is 0 Å². The molecule has 0 atom stereocenters. The Bertz CT molecular complexity index is 606. The third-order valence-electron chi connectivity index (χ3n) is 3.29. The molecule has 3 heterocycles. The van der Waals surface area contributed by atoms with Gasteiger partial charge in [0.15, 0.2) is 5.16 Å². The summed E-state index contributed by atoms with van der Waals surface area (Å²) in [5, 5.41) is 4.73. The van der Waals surface area contributed by atoms with Crippen LogP contribution in [-0.4, -0.2) is 44.1 Å². The zero-order valence-electron chi connectivity index (χ0n) is 12.3. The van der Waals surface area contributed by atoms with Gasteiger partial charge in [-0.3, -0.25) is 0 Å². The zero-order chi connectivity index (χ0) is 14.7. The lowest BCUT2D eigenvalue weighted by Crippen LogP contribution is -2.21. The van der Waals surface area contributed by atoms with Crippen molar-refractivity contribution in [1.82, 2.24) is 24.5 Å². The average molecular weight is 305 g/mol. The van der Waals surface area contributed by atoms with E-state index >= 15 is 0 Å². The molecule has 2 aromatic rings. The third kappa shape index (κ3) is 3.26. The molecule has 0 radical (unpaired) electrons. The average Bonchev–Trinajstić information content (AvgIpc) is 3.12. The van der Waals surface area contributed by atoms with Crippen LogP contribution >= 0.6 is 11.8 Å². The molecule has 8 heteroatoms. The highest BCUT2D eigenvalue weighted by Gasteiger charge is 2.18. The normalized spacial score (nSPS) is 14.7. The molecule has 1 fully saturated rings. The lowest BCUT2D eigenvalue weighted by atomic mass is 10.4. The summed E-state index contributed by atoms with van der Waals surface area (Å²) in [7, 11) is 1.96. The van der Waals surface area contributed by atoms with Crippen LogP contribution in [0.2, 0.25) is 0 Å². The summed E-state index contributed by atoms with van der Waals surface area (Å²) in [6, 6.07) is 0. The van der Waals surface area contributed by atoms with Gasteiger partial charge in [-0.1, -0.05) is 0 Å². The zero-order valence-corrected chi connectivity index (χ0v) is 13.1. The number of nitrogens with zero attached hydrogens (tertiary/aromatic N) is 6. The molecule has 1 saturated heterocycles. The summed E-state index contributed by atoms with van der Waals surface area (Å²) in [6.07, 6.45) is 6.08. The maximum atomic E-state index is 4.59. The van der Waals surface area contributed by atoms with Crippen LogP contribution in [0.25, 0.3) is 0 Å². The Morgan fingerprint density at radius 3 is 2.71 bits per heavy atom. The Hall–Kier alpha value is -1.83. The van der Waals surface area contributed by atoms with Crippen molar-refractivity contribution in [2.75, 3.05) is 29.9 Å². The van der Waals surface area contributed by atoms with Crippen LogP contribution in [0.1, 0.15) is 19.8 Å². The number of aryl methyl sites for hydroxylation is 1. The smallest absolute Gasteiger partial charge is 0.231 e. The van der Waals surface area contributed by atoms with Crippen LogP contribution in [0.4, 0.5) is 11.9 Å². The van der Waals surface area contributed by atoms with Gasteiger partial charge in [-0.05, 0) is 31.5 Å². The molecule has 1 aliphatic rings. The molecule has 0 unspecified atom stereocenters. The van der Waals surface area contributed by atoms with Crippen LogP contribution in [0.3, 0.4) is 0 Å². The molecule has 0 aliphatic carbocycles. The predicted molar refractivity (Wildman–Crippen MR) is 82.8 cm³/mol. The highest BCUT2D eigenvalue weighted by Crippen LogP contribution is 2.26. The number of aromatic nitrogens is 5. The first-order valence-electron chi connectivity index (χ1n) is 7.16. The SMILES string of the molecule is CCNc1nc(Sc2nccn2C)nc(N2CCCC2)n1. The maximum absolute atomic E-state index is 4.59. The van der Waals surface area contributed by atoms with Crippen LogP contribution < -0.4 is 10.2 Å². The van der Waals surface area contributed by atoms with E-state index in [9.17, 15) is 0 Å². The Kier molecular flexibility index (Phi) is 4.23. The lowest BCUT2D eigenvalue weighted by molar-refractivity contribution is 0.779. The fraction of sp³-hybridized carbons (Fsp3) is 0.538. The highest BCUT2D eigenvalue weighted by atomic mass is 32.2. The minimum absolute atomic E-state index is 0.631. The summed E-state index contributed by atoms with van der Waals surface area (Å²) < 4.78 is 1.96.